The number of benzene rings is 1. The molecule has 1 heteroatoms. The van der Waals surface area contributed by atoms with Crippen LogP contribution in [0.2, 0.25) is 0 Å². The highest BCUT2D eigenvalue weighted by molar-refractivity contribution is 5.67. The summed E-state index contributed by atoms with van der Waals surface area (Å²) in [7, 11) is 0. The fourth-order valence-corrected chi connectivity index (χ4v) is 1.98. The first-order valence-electron chi connectivity index (χ1n) is 6.54. The van der Waals surface area contributed by atoms with Crippen LogP contribution in [0.1, 0.15) is 43.4 Å². The van der Waals surface area contributed by atoms with E-state index in [-0.39, 0.29) is 0 Å². The summed E-state index contributed by atoms with van der Waals surface area (Å²) in [4.78, 5) is 0. The molecule has 1 rings (SSSR count). The maximum atomic E-state index is 5.54. The van der Waals surface area contributed by atoms with Crippen molar-refractivity contribution in [2.75, 3.05) is 6.54 Å². The van der Waals surface area contributed by atoms with Crippen LogP contribution in [-0.4, -0.2) is 6.54 Å². The van der Waals surface area contributed by atoms with Gasteiger partial charge in [-0.25, -0.2) is 0 Å². The van der Waals surface area contributed by atoms with Crippen LogP contribution in [0.3, 0.4) is 0 Å². The average Bonchev–Trinajstić information content (AvgIpc) is 2.28. The summed E-state index contributed by atoms with van der Waals surface area (Å²) in [5, 5.41) is 0. The molecule has 17 heavy (non-hydrogen) atoms. The Bertz CT molecular complexity index is 389. The third-order valence-electron chi connectivity index (χ3n) is 3.23. The molecule has 0 saturated carbocycles. The van der Waals surface area contributed by atoms with Gasteiger partial charge in [0.1, 0.15) is 0 Å². The normalized spacial score (nSPS) is 12.2. The van der Waals surface area contributed by atoms with E-state index >= 15 is 0 Å². The van der Waals surface area contributed by atoms with Crippen molar-refractivity contribution in [3.05, 3.63) is 41.0 Å². The van der Waals surface area contributed by atoms with Crippen molar-refractivity contribution < 1.29 is 0 Å². The van der Waals surface area contributed by atoms with Crippen LogP contribution in [0, 0.1) is 19.8 Å². The number of hydrogen-bond acceptors (Lipinski definition) is 1. The Morgan fingerprint density at radius 3 is 2.47 bits per heavy atom. The molecule has 0 amide bonds. The molecule has 0 heterocycles. The van der Waals surface area contributed by atoms with E-state index < -0.39 is 0 Å². The smallest absolute Gasteiger partial charge is 0.00743 e. The highest BCUT2D eigenvalue weighted by Crippen LogP contribution is 2.25. The number of nitrogens with two attached hydrogens (primary N) is 1. The van der Waals surface area contributed by atoms with Gasteiger partial charge in [0.05, 0.1) is 0 Å². The topological polar surface area (TPSA) is 26.0 Å². The second-order valence-corrected chi connectivity index (χ2v) is 5.04. The van der Waals surface area contributed by atoms with Crippen molar-refractivity contribution >= 4 is 5.57 Å². The molecule has 94 valence electrons. The van der Waals surface area contributed by atoms with Crippen molar-refractivity contribution in [1.82, 2.24) is 0 Å². The number of allylic oxidation sites excluding steroid dienone is 2. The van der Waals surface area contributed by atoms with Gasteiger partial charge in [-0.2, -0.15) is 0 Å². The minimum Gasteiger partial charge on any atom is -0.330 e. The van der Waals surface area contributed by atoms with Gasteiger partial charge < -0.3 is 5.73 Å². The molecule has 0 atom stereocenters. The van der Waals surface area contributed by atoms with Crippen molar-refractivity contribution in [3.63, 3.8) is 0 Å². The Kier molecular flexibility index (Phi) is 5.43. The number of hydrogen-bond donors (Lipinski definition) is 1. The van der Waals surface area contributed by atoms with E-state index in [1.165, 1.54) is 22.3 Å². The van der Waals surface area contributed by atoms with Gasteiger partial charge in [-0.05, 0) is 61.4 Å². The van der Waals surface area contributed by atoms with Gasteiger partial charge in [-0.3, -0.25) is 0 Å². The molecule has 2 N–H and O–H groups in total. The molecular weight excluding hydrogens is 206 g/mol. The fraction of sp³-hybridized carbons (Fsp3) is 0.500. The molecule has 0 saturated heterocycles. The predicted molar refractivity (Wildman–Crippen MR) is 77.0 cm³/mol. The zero-order chi connectivity index (χ0) is 12.8. The van der Waals surface area contributed by atoms with Crippen LogP contribution in [0.25, 0.3) is 5.57 Å². The van der Waals surface area contributed by atoms with Gasteiger partial charge >= 0.3 is 0 Å². The Hall–Kier alpha value is -1.08. The van der Waals surface area contributed by atoms with Crippen LogP contribution in [0.5, 0.6) is 0 Å². The maximum absolute atomic E-state index is 5.54. The Labute approximate surface area is 106 Å². The first-order chi connectivity index (χ1) is 8.06. The molecule has 1 nitrogen and oxygen atoms in total. The third kappa shape index (κ3) is 4.01. The molecule has 0 bridgehead atoms. The molecule has 0 aromatic heterocycles. The predicted octanol–water partition coefficient (Wildman–Crippen LogP) is 4.08. The first kappa shape index (κ1) is 14.0. The lowest BCUT2D eigenvalue weighted by Crippen LogP contribution is -1.99. The first-order valence-corrected chi connectivity index (χ1v) is 6.54. The number of aryl methyl sites for hydroxylation is 2. The Balaban J connectivity index is 2.97. The van der Waals surface area contributed by atoms with Crippen molar-refractivity contribution in [2.24, 2.45) is 11.7 Å². The van der Waals surface area contributed by atoms with Crippen LogP contribution >= 0.6 is 0 Å². The van der Waals surface area contributed by atoms with E-state index in [9.17, 15) is 0 Å². The molecule has 0 fully saturated rings. The fourth-order valence-electron chi connectivity index (χ4n) is 1.98. The van der Waals surface area contributed by atoms with Crippen LogP contribution in [0.15, 0.2) is 24.3 Å². The van der Waals surface area contributed by atoms with E-state index in [4.69, 9.17) is 5.73 Å². The molecule has 0 radical (unpaired) electrons. The summed E-state index contributed by atoms with van der Waals surface area (Å²) >= 11 is 0. The molecule has 0 unspecified atom stereocenters. The van der Waals surface area contributed by atoms with Gasteiger partial charge in [-0.1, -0.05) is 38.1 Å². The van der Waals surface area contributed by atoms with Crippen LogP contribution in [0.4, 0.5) is 0 Å². The van der Waals surface area contributed by atoms with Crippen molar-refractivity contribution in [2.45, 2.75) is 40.5 Å². The lowest BCUT2D eigenvalue weighted by atomic mass is 9.92. The largest absolute Gasteiger partial charge is 0.330 e. The molecule has 0 aliphatic rings. The van der Waals surface area contributed by atoms with E-state index in [1.54, 1.807) is 0 Å². The Morgan fingerprint density at radius 2 is 1.94 bits per heavy atom. The molecule has 1 aromatic rings. The van der Waals surface area contributed by atoms with Gasteiger partial charge in [0.2, 0.25) is 0 Å². The van der Waals surface area contributed by atoms with Crippen molar-refractivity contribution in [1.29, 1.82) is 0 Å². The number of rotatable bonds is 5. The SMILES string of the molecule is Cc1ccc(/C(=C/CCCN)C(C)C)cc1C. The summed E-state index contributed by atoms with van der Waals surface area (Å²) in [6.45, 7) is 9.62. The second-order valence-electron chi connectivity index (χ2n) is 5.04. The Morgan fingerprint density at radius 1 is 1.24 bits per heavy atom. The van der Waals surface area contributed by atoms with Crippen LogP contribution in [-0.2, 0) is 0 Å². The van der Waals surface area contributed by atoms with E-state index in [0.717, 1.165) is 19.4 Å². The molecular formula is C16H25N. The molecule has 1 aromatic carbocycles. The molecule has 0 aliphatic carbocycles. The minimum absolute atomic E-state index is 0.565. The van der Waals surface area contributed by atoms with Crippen LogP contribution < -0.4 is 5.73 Å². The average molecular weight is 231 g/mol. The number of unbranched alkanes of at least 4 members (excludes halogenated alkanes) is 1. The summed E-state index contributed by atoms with van der Waals surface area (Å²) in [6, 6.07) is 6.74. The van der Waals surface area contributed by atoms with Crippen molar-refractivity contribution in [3.8, 4) is 0 Å². The molecule has 0 aliphatic heterocycles. The van der Waals surface area contributed by atoms with Gasteiger partial charge in [0, 0.05) is 0 Å². The summed E-state index contributed by atoms with van der Waals surface area (Å²) in [6.07, 6.45) is 4.50. The monoisotopic (exact) mass is 231 g/mol. The third-order valence-corrected chi connectivity index (χ3v) is 3.23. The molecule has 0 spiro atoms. The second kappa shape index (κ2) is 6.61. The highest BCUT2D eigenvalue weighted by atomic mass is 14.5. The van der Waals surface area contributed by atoms with Gasteiger partial charge in [0.25, 0.3) is 0 Å². The standard InChI is InChI=1S/C16H25N/c1-12(2)16(7-5-6-10-17)15-9-8-13(3)14(4)11-15/h7-9,11-12H,5-6,10,17H2,1-4H3/b16-7+. The quantitative estimate of drug-likeness (QED) is 0.759. The zero-order valence-electron chi connectivity index (χ0n) is 11.6. The summed E-state index contributed by atoms with van der Waals surface area (Å²) in [5.74, 6) is 0.565. The minimum atomic E-state index is 0.565. The lowest BCUT2D eigenvalue weighted by Gasteiger charge is -2.14. The lowest BCUT2D eigenvalue weighted by molar-refractivity contribution is 0.824. The van der Waals surface area contributed by atoms with E-state index in [2.05, 4.69) is 52.0 Å². The van der Waals surface area contributed by atoms with E-state index in [1.807, 2.05) is 0 Å². The summed E-state index contributed by atoms with van der Waals surface area (Å²) in [5.41, 5.74) is 11.1. The van der Waals surface area contributed by atoms with Gasteiger partial charge in [0.15, 0.2) is 0 Å². The van der Waals surface area contributed by atoms with E-state index in [0.29, 0.717) is 5.92 Å². The maximum Gasteiger partial charge on any atom is -0.00743 e. The zero-order valence-corrected chi connectivity index (χ0v) is 11.6. The highest BCUT2D eigenvalue weighted by Gasteiger charge is 2.06. The van der Waals surface area contributed by atoms with Gasteiger partial charge in [-0.15, -0.1) is 0 Å². The summed E-state index contributed by atoms with van der Waals surface area (Å²) < 4.78 is 0.